The maximum atomic E-state index is 9.89. The summed E-state index contributed by atoms with van der Waals surface area (Å²) < 4.78 is 2.05. The van der Waals surface area contributed by atoms with Crippen LogP contribution in [-0.2, 0) is 6.54 Å². The van der Waals surface area contributed by atoms with E-state index in [9.17, 15) is 5.11 Å². The van der Waals surface area contributed by atoms with Gasteiger partial charge in [-0.2, -0.15) is 0 Å². The van der Waals surface area contributed by atoms with Crippen molar-refractivity contribution in [2.45, 2.75) is 25.5 Å². The summed E-state index contributed by atoms with van der Waals surface area (Å²) in [4.78, 5) is 5.49. The minimum Gasteiger partial charge on any atom is -0.389 e. The lowest BCUT2D eigenvalue weighted by Crippen LogP contribution is -2.35. The average Bonchev–Trinajstić information content (AvgIpc) is 2.96. The van der Waals surface area contributed by atoms with E-state index in [1.807, 2.05) is 23.7 Å². The summed E-state index contributed by atoms with van der Waals surface area (Å²) in [6.45, 7) is 2.75. The maximum absolute atomic E-state index is 9.89. The first-order valence-corrected chi connectivity index (χ1v) is 6.48. The average molecular weight is 251 g/mol. The molecular weight excluding hydrogens is 234 g/mol. The van der Waals surface area contributed by atoms with Gasteiger partial charge in [0.1, 0.15) is 5.82 Å². The first-order valence-electron chi connectivity index (χ1n) is 5.60. The fourth-order valence-corrected chi connectivity index (χ4v) is 2.32. The maximum Gasteiger partial charge on any atom is 0.149 e. The number of hydrogen-bond donors (Lipinski definition) is 2. The Bertz CT molecular complexity index is 462. The third-order valence-corrected chi connectivity index (χ3v) is 3.65. The van der Waals surface area contributed by atoms with Gasteiger partial charge in [-0.25, -0.2) is 4.98 Å². The van der Waals surface area contributed by atoms with E-state index in [4.69, 9.17) is 5.73 Å². The van der Waals surface area contributed by atoms with Gasteiger partial charge in [-0.15, -0.1) is 11.3 Å². The number of aliphatic hydroxyl groups is 1. The van der Waals surface area contributed by atoms with Crippen LogP contribution in [0.15, 0.2) is 29.9 Å². The Morgan fingerprint density at radius 3 is 3.06 bits per heavy atom. The van der Waals surface area contributed by atoms with E-state index in [0.29, 0.717) is 6.42 Å². The largest absolute Gasteiger partial charge is 0.389 e. The van der Waals surface area contributed by atoms with Crippen LogP contribution in [0.5, 0.6) is 0 Å². The Hall–Kier alpha value is -1.17. The van der Waals surface area contributed by atoms with E-state index in [-0.39, 0.29) is 6.54 Å². The highest BCUT2D eigenvalue weighted by Crippen LogP contribution is 2.23. The highest BCUT2D eigenvalue weighted by Gasteiger charge is 2.18. The van der Waals surface area contributed by atoms with Gasteiger partial charge in [0.2, 0.25) is 0 Å². The number of aryl methyl sites for hydroxylation is 1. The number of aromatic nitrogens is 2. The number of rotatable bonds is 5. The fraction of sp³-hybridized carbons (Fsp3) is 0.417. The number of imidazole rings is 1. The molecule has 0 amide bonds. The molecule has 0 aliphatic rings. The molecule has 2 rings (SSSR count). The van der Waals surface area contributed by atoms with Gasteiger partial charge >= 0.3 is 0 Å². The van der Waals surface area contributed by atoms with E-state index < -0.39 is 5.60 Å². The van der Waals surface area contributed by atoms with Crippen LogP contribution in [0, 0.1) is 0 Å². The van der Waals surface area contributed by atoms with E-state index >= 15 is 0 Å². The van der Waals surface area contributed by atoms with Crippen molar-refractivity contribution < 1.29 is 5.11 Å². The molecule has 0 fully saturated rings. The van der Waals surface area contributed by atoms with Crippen molar-refractivity contribution in [3.8, 4) is 10.7 Å². The molecule has 0 saturated heterocycles. The zero-order chi connectivity index (χ0) is 12.3. The summed E-state index contributed by atoms with van der Waals surface area (Å²) in [6, 6.07) is 4.06. The monoisotopic (exact) mass is 251 g/mol. The van der Waals surface area contributed by atoms with Crippen LogP contribution >= 0.6 is 11.3 Å². The molecule has 0 saturated carbocycles. The van der Waals surface area contributed by atoms with Crippen molar-refractivity contribution in [2.75, 3.05) is 6.54 Å². The van der Waals surface area contributed by atoms with Gasteiger partial charge in [0.05, 0.1) is 10.5 Å². The van der Waals surface area contributed by atoms with Crippen LogP contribution in [-0.4, -0.2) is 26.8 Å². The molecule has 4 nitrogen and oxygen atoms in total. The highest BCUT2D eigenvalue weighted by molar-refractivity contribution is 7.13. The SMILES string of the molecule is CC(O)(CN)CCn1ccnc1-c1cccs1. The minimum atomic E-state index is -0.809. The summed E-state index contributed by atoms with van der Waals surface area (Å²) in [5.41, 5.74) is 4.70. The predicted molar refractivity (Wildman–Crippen MR) is 69.8 cm³/mol. The molecule has 17 heavy (non-hydrogen) atoms. The summed E-state index contributed by atoms with van der Waals surface area (Å²) in [5.74, 6) is 0.952. The molecule has 0 aromatic carbocycles. The van der Waals surface area contributed by atoms with Crippen LogP contribution in [0.3, 0.4) is 0 Å². The van der Waals surface area contributed by atoms with Gasteiger partial charge in [-0.05, 0) is 24.8 Å². The molecule has 0 radical (unpaired) electrons. The highest BCUT2D eigenvalue weighted by atomic mass is 32.1. The zero-order valence-electron chi connectivity index (χ0n) is 9.84. The van der Waals surface area contributed by atoms with Gasteiger partial charge in [-0.3, -0.25) is 0 Å². The first-order chi connectivity index (χ1) is 8.12. The summed E-state index contributed by atoms with van der Waals surface area (Å²) in [5, 5.41) is 11.9. The second-order valence-corrected chi connectivity index (χ2v) is 5.32. The normalized spacial score (nSPS) is 14.8. The predicted octanol–water partition coefficient (Wildman–Crippen LogP) is 1.71. The van der Waals surface area contributed by atoms with E-state index in [1.54, 1.807) is 24.5 Å². The summed E-state index contributed by atoms with van der Waals surface area (Å²) in [7, 11) is 0. The zero-order valence-corrected chi connectivity index (χ0v) is 10.7. The third kappa shape index (κ3) is 2.94. The van der Waals surface area contributed by atoms with Crippen LogP contribution in [0.4, 0.5) is 0 Å². The molecule has 2 heterocycles. The summed E-state index contributed by atoms with van der Waals surface area (Å²) in [6.07, 6.45) is 4.34. The molecule has 92 valence electrons. The Morgan fingerprint density at radius 2 is 2.41 bits per heavy atom. The molecule has 1 unspecified atom stereocenters. The van der Waals surface area contributed by atoms with Crippen molar-refractivity contribution in [3.05, 3.63) is 29.9 Å². The molecular formula is C12H17N3OS. The quantitative estimate of drug-likeness (QED) is 0.850. The Balaban J connectivity index is 2.10. The van der Waals surface area contributed by atoms with Crippen molar-refractivity contribution in [1.29, 1.82) is 0 Å². The van der Waals surface area contributed by atoms with E-state index in [1.165, 1.54) is 0 Å². The molecule has 0 aliphatic carbocycles. The van der Waals surface area contributed by atoms with Crippen molar-refractivity contribution in [2.24, 2.45) is 5.73 Å². The topological polar surface area (TPSA) is 64.1 Å². The lowest BCUT2D eigenvalue weighted by atomic mass is 10.0. The molecule has 1 atom stereocenters. The molecule has 0 bridgehead atoms. The van der Waals surface area contributed by atoms with Gasteiger partial charge in [0.15, 0.2) is 0 Å². The van der Waals surface area contributed by atoms with Gasteiger partial charge in [0.25, 0.3) is 0 Å². The Morgan fingerprint density at radius 1 is 1.59 bits per heavy atom. The molecule has 3 N–H and O–H groups in total. The molecule has 2 aromatic heterocycles. The second kappa shape index (κ2) is 5.00. The van der Waals surface area contributed by atoms with Crippen LogP contribution < -0.4 is 5.73 Å². The van der Waals surface area contributed by atoms with Gasteiger partial charge in [0, 0.05) is 25.5 Å². The summed E-state index contributed by atoms with van der Waals surface area (Å²) >= 11 is 1.66. The minimum absolute atomic E-state index is 0.274. The van der Waals surface area contributed by atoms with Crippen molar-refractivity contribution in [1.82, 2.24) is 9.55 Å². The Kier molecular flexibility index (Phi) is 3.61. The number of nitrogens with zero attached hydrogens (tertiary/aromatic N) is 2. The van der Waals surface area contributed by atoms with Crippen LogP contribution in [0.2, 0.25) is 0 Å². The lowest BCUT2D eigenvalue weighted by Gasteiger charge is -2.21. The molecule has 2 aromatic rings. The van der Waals surface area contributed by atoms with Crippen molar-refractivity contribution in [3.63, 3.8) is 0 Å². The van der Waals surface area contributed by atoms with E-state index in [0.717, 1.165) is 17.2 Å². The van der Waals surface area contributed by atoms with E-state index in [2.05, 4.69) is 9.55 Å². The fourth-order valence-electron chi connectivity index (χ4n) is 1.58. The smallest absolute Gasteiger partial charge is 0.149 e. The van der Waals surface area contributed by atoms with Crippen LogP contribution in [0.25, 0.3) is 10.7 Å². The van der Waals surface area contributed by atoms with Crippen LogP contribution in [0.1, 0.15) is 13.3 Å². The number of nitrogens with two attached hydrogens (primary N) is 1. The molecule has 0 spiro atoms. The van der Waals surface area contributed by atoms with Gasteiger partial charge < -0.3 is 15.4 Å². The Labute approximate surface area is 105 Å². The number of hydrogen-bond acceptors (Lipinski definition) is 4. The third-order valence-electron chi connectivity index (χ3n) is 2.79. The molecule has 0 aliphatic heterocycles. The molecule has 5 heteroatoms. The second-order valence-electron chi connectivity index (χ2n) is 4.37. The lowest BCUT2D eigenvalue weighted by molar-refractivity contribution is 0.0555. The number of thiophene rings is 1. The standard InChI is InChI=1S/C12H17N3OS/c1-12(16,9-13)4-6-15-7-5-14-11(15)10-3-2-8-17-10/h2-3,5,7-8,16H,4,6,9,13H2,1H3. The van der Waals surface area contributed by atoms with Gasteiger partial charge in [-0.1, -0.05) is 6.07 Å². The first kappa shape index (κ1) is 12.3. The van der Waals surface area contributed by atoms with Crippen molar-refractivity contribution >= 4 is 11.3 Å².